The average molecular weight is 101 g/mol. The molecule has 0 saturated heterocycles. The second-order valence-electron chi connectivity index (χ2n) is 1.70. The Kier molecular flexibility index (Phi) is 2.96. The lowest BCUT2D eigenvalue weighted by Gasteiger charge is -2.08. The standard InChI is InChI=1S/C5H11NO/c1-5(7)4-6(2)3/h5,7H,1-3H3. The molecule has 0 fully saturated rings. The van der Waals surface area contributed by atoms with Crippen LogP contribution in [0.25, 0.3) is 0 Å². The van der Waals surface area contributed by atoms with E-state index in [1.165, 1.54) is 0 Å². The van der Waals surface area contributed by atoms with E-state index < -0.39 is 6.10 Å². The minimum atomic E-state index is -0.449. The summed E-state index contributed by atoms with van der Waals surface area (Å²) in [5, 5.41) is 8.57. The molecule has 7 heavy (non-hydrogen) atoms. The molecular formula is C5H11NO. The highest BCUT2D eigenvalue weighted by Gasteiger charge is 1.96. The lowest BCUT2D eigenvalue weighted by atomic mass is 10.4. The van der Waals surface area contributed by atoms with Crippen molar-refractivity contribution in [3.63, 3.8) is 0 Å². The predicted octanol–water partition coefficient (Wildman–Crippen LogP) is -0.0324. The van der Waals surface area contributed by atoms with Gasteiger partial charge in [-0.05, 0) is 21.0 Å². The highest BCUT2D eigenvalue weighted by Crippen LogP contribution is 1.87. The Bertz CT molecular complexity index is 37.3. The van der Waals surface area contributed by atoms with Gasteiger partial charge in [0.15, 0.2) is 0 Å². The zero-order valence-corrected chi connectivity index (χ0v) is 4.97. The third kappa shape index (κ3) is 5.92. The molecule has 0 aromatic rings. The first-order valence-corrected chi connectivity index (χ1v) is 2.24. The zero-order valence-electron chi connectivity index (χ0n) is 4.97. The van der Waals surface area contributed by atoms with E-state index >= 15 is 0 Å². The van der Waals surface area contributed by atoms with E-state index in [1.54, 1.807) is 11.8 Å². The van der Waals surface area contributed by atoms with E-state index in [-0.39, 0.29) is 0 Å². The number of rotatable bonds is 2. The van der Waals surface area contributed by atoms with Gasteiger partial charge in [0.05, 0.1) is 12.6 Å². The third-order valence-corrected chi connectivity index (χ3v) is 0.445. The minimum Gasteiger partial charge on any atom is -0.391 e. The minimum absolute atomic E-state index is 0.449. The monoisotopic (exact) mass is 101 g/mol. The van der Waals surface area contributed by atoms with Crippen molar-refractivity contribution < 1.29 is 5.11 Å². The van der Waals surface area contributed by atoms with Crippen LogP contribution in [0.15, 0.2) is 0 Å². The van der Waals surface area contributed by atoms with Crippen LogP contribution >= 0.6 is 0 Å². The molecule has 0 spiro atoms. The fourth-order valence-corrected chi connectivity index (χ4v) is 0.374. The van der Waals surface area contributed by atoms with Gasteiger partial charge < -0.3 is 5.11 Å². The van der Waals surface area contributed by atoms with Crippen molar-refractivity contribution in [1.29, 1.82) is 0 Å². The summed E-state index contributed by atoms with van der Waals surface area (Å²) in [5.41, 5.74) is 0. The maximum atomic E-state index is 8.57. The zero-order chi connectivity index (χ0) is 5.86. The predicted molar refractivity (Wildman–Crippen MR) is 28.6 cm³/mol. The van der Waals surface area contributed by atoms with Crippen LogP contribution in [0.5, 0.6) is 0 Å². The normalized spacial score (nSPS) is 15.0. The first-order valence-electron chi connectivity index (χ1n) is 2.24. The molecule has 0 saturated carbocycles. The third-order valence-electron chi connectivity index (χ3n) is 0.445. The number of hydrogen-bond acceptors (Lipinski definition) is 2. The molecule has 2 nitrogen and oxygen atoms in total. The van der Waals surface area contributed by atoms with Crippen molar-refractivity contribution >= 4 is 0 Å². The number of hydrogen-bond donors (Lipinski definition) is 1. The first-order chi connectivity index (χ1) is 3.13. The molecule has 0 rings (SSSR count). The van der Waals surface area contributed by atoms with Crippen LogP contribution in [0, 0.1) is 6.54 Å². The summed E-state index contributed by atoms with van der Waals surface area (Å²) in [5.74, 6) is 0. The van der Waals surface area contributed by atoms with Crippen LogP contribution in [0.4, 0.5) is 0 Å². The van der Waals surface area contributed by atoms with Crippen LogP contribution in [0.3, 0.4) is 0 Å². The van der Waals surface area contributed by atoms with Crippen molar-refractivity contribution in [2.75, 3.05) is 14.1 Å². The molecule has 0 aliphatic carbocycles. The van der Waals surface area contributed by atoms with Crippen LogP contribution in [0.1, 0.15) is 6.92 Å². The van der Waals surface area contributed by atoms with Crippen molar-refractivity contribution in [1.82, 2.24) is 4.90 Å². The van der Waals surface area contributed by atoms with E-state index in [0.717, 1.165) is 0 Å². The van der Waals surface area contributed by atoms with E-state index in [4.69, 9.17) is 5.11 Å². The van der Waals surface area contributed by atoms with Gasteiger partial charge in [0.25, 0.3) is 0 Å². The topological polar surface area (TPSA) is 23.5 Å². The van der Waals surface area contributed by atoms with Gasteiger partial charge in [-0.3, -0.25) is 4.90 Å². The van der Waals surface area contributed by atoms with E-state index in [9.17, 15) is 0 Å². The average Bonchev–Trinajstić information content (AvgIpc) is 1.27. The Morgan fingerprint density at radius 2 is 2.00 bits per heavy atom. The summed E-state index contributed by atoms with van der Waals surface area (Å²) in [7, 11) is 3.65. The van der Waals surface area contributed by atoms with Crippen LogP contribution < -0.4 is 0 Å². The first kappa shape index (κ1) is 6.92. The van der Waals surface area contributed by atoms with Gasteiger partial charge in [0, 0.05) is 0 Å². The molecule has 2 radical (unpaired) electrons. The van der Waals surface area contributed by atoms with E-state index in [0.29, 0.717) is 0 Å². The van der Waals surface area contributed by atoms with Gasteiger partial charge >= 0.3 is 0 Å². The van der Waals surface area contributed by atoms with Crippen LogP contribution in [0.2, 0.25) is 0 Å². The van der Waals surface area contributed by atoms with E-state index in [2.05, 4.69) is 6.54 Å². The maximum absolute atomic E-state index is 8.57. The summed E-state index contributed by atoms with van der Waals surface area (Å²) in [6.45, 7) is 4.36. The summed E-state index contributed by atoms with van der Waals surface area (Å²) in [6.07, 6.45) is -0.449. The fourth-order valence-electron chi connectivity index (χ4n) is 0.374. The second-order valence-corrected chi connectivity index (χ2v) is 1.70. The number of likely N-dealkylation sites (N-methyl/N-ethyl adjacent to an activating group) is 1. The summed E-state index contributed by atoms with van der Waals surface area (Å²) in [6, 6.07) is 0. The summed E-state index contributed by atoms with van der Waals surface area (Å²) < 4.78 is 0. The van der Waals surface area contributed by atoms with Gasteiger partial charge in [-0.1, -0.05) is 0 Å². The lowest BCUT2D eigenvalue weighted by Crippen LogP contribution is -2.16. The van der Waals surface area contributed by atoms with Crippen molar-refractivity contribution in [2.45, 2.75) is 13.0 Å². The lowest BCUT2D eigenvalue weighted by molar-refractivity contribution is 0.192. The maximum Gasteiger partial charge on any atom is 0.0922 e. The molecule has 42 valence electrons. The van der Waals surface area contributed by atoms with Crippen molar-refractivity contribution in [2.24, 2.45) is 0 Å². The number of aliphatic hydroxyl groups excluding tert-OH is 1. The second kappa shape index (κ2) is 2.99. The number of nitrogens with zero attached hydrogens (tertiary/aromatic N) is 1. The molecule has 1 N–H and O–H groups in total. The fraction of sp³-hybridized carbons (Fsp3) is 0.800. The molecule has 0 aromatic heterocycles. The largest absolute Gasteiger partial charge is 0.391 e. The van der Waals surface area contributed by atoms with E-state index in [1.807, 2.05) is 14.1 Å². The summed E-state index contributed by atoms with van der Waals surface area (Å²) >= 11 is 0. The molecule has 0 bridgehead atoms. The number of aliphatic hydroxyl groups is 1. The molecule has 0 aliphatic heterocycles. The van der Waals surface area contributed by atoms with Gasteiger partial charge in [0.1, 0.15) is 0 Å². The highest BCUT2D eigenvalue weighted by molar-refractivity contribution is 4.65. The molecule has 0 aliphatic rings. The van der Waals surface area contributed by atoms with Crippen LogP contribution in [-0.4, -0.2) is 30.2 Å². The molecule has 2 heteroatoms. The molecule has 1 unspecified atom stereocenters. The van der Waals surface area contributed by atoms with Gasteiger partial charge in [0.2, 0.25) is 0 Å². The van der Waals surface area contributed by atoms with Crippen LogP contribution in [-0.2, 0) is 0 Å². The Morgan fingerprint density at radius 1 is 1.57 bits per heavy atom. The molecule has 0 heterocycles. The Hall–Kier alpha value is -0.0800. The summed E-state index contributed by atoms with van der Waals surface area (Å²) in [4.78, 5) is 1.70. The molecule has 0 aromatic carbocycles. The Labute approximate surface area is 44.8 Å². The van der Waals surface area contributed by atoms with Gasteiger partial charge in [-0.2, -0.15) is 0 Å². The molecular weight excluding hydrogens is 90.1 g/mol. The Balaban J connectivity index is 2.95. The van der Waals surface area contributed by atoms with Gasteiger partial charge in [-0.15, -0.1) is 0 Å². The van der Waals surface area contributed by atoms with Crippen molar-refractivity contribution in [3.8, 4) is 0 Å². The molecule has 0 amide bonds. The highest BCUT2D eigenvalue weighted by atomic mass is 16.3. The molecule has 1 atom stereocenters. The Morgan fingerprint density at radius 3 is 2.00 bits per heavy atom. The van der Waals surface area contributed by atoms with Crippen molar-refractivity contribution in [3.05, 3.63) is 6.54 Å². The SMILES string of the molecule is CC(O)[C]N(C)C. The smallest absolute Gasteiger partial charge is 0.0922 e. The quantitative estimate of drug-likeness (QED) is 0.494. The van der Waals surface area contributed by atoms with Gasteiger partial charge in [-0.25, -0.2) is 0 Å².